The van der Waals surface area contributed by atoms with Gasteiger partial charge in [-0.2, -0.15) is 0 Å². The quantitative estimate of drug-likeness (QED) is 0.594. The normalized spacial score (nSPS) is 15.8. The number of carbonyl (C=O) groups is 3. The average molecular weight is 450 g/mol. The van der Waals surface area contributed by atoms with E-state index in [1.165, 1.54) is 11.3 Å². The van der Waals surface area contributed by atoms with E-state index in [1.807, 2.05) is 44.2 Å². The summed E-state index contributed by atoms with van der Waals surface area (Å²) in [4.78, 5) is 38.5. The van der Waals surface area contributed by atoms with Crippen LogP contribution in [0, 0.1) is 5.92 Å². The van der Waals surface area contributed by atoms with E-state index < -0.39 is 0 Å². The summed E-state index contributed by atoms with van der Waals surface area (Å²) in [6.07, 6.45) is 0.362. The van der Waals surface area contributed by atoms with Gasteiger partial charge in [0.1, 0.15) is 5.01 Å². The average Bonchev–Trinajstić information content (AvgIpc) is 3.41. The van der Waals surface area contributed by atoms with Crippen molar-refractivity contribution in [1.29, 1.82) is 0 Å². The van der Waals surface area contributed by atoms with Crippen molar-refractivity contribution < 1.29 is 14.4 Å². The second-order valence-corrected chi connectivity index (χ2v) is 8.87. The van der Waals surface area contributed by atoms with Crippen LogP contribution in [0.1, 0.15) is 41.6 Å². The fourth-order valence-electron chi connectivity index (χ4n) is 3.34. The SMILES string of the molecule is CC(C)C(=O)Nc1ccc(C(=O)Nc2nnc(C3CC(=O)N(c4ccccc4)C3)s2)cc1. The molecule has 1 aromatic heterocycles. The van der Waals surface area contributed by atoms with Crippen molar-refractivity contribution in [3.63, 3.8) is 0 Å². The van der Waals surface area contributed by atoms with Crippen LogP contribution in [0.4, 0.5) is 16.5 Å². The van der Waals surface area contributed by atoms with Gasteiger partial charge in [0.2, 0.25) is 16.9 Å². The van der Waals surface area contributed by atoms with Gasteiger partial charge in [0, 0.05) is 41.7 Å². The molecule has 1 fully saturated rings. The summed E-state index contributed by atoms with van der Waals surface area (Å²) >= 11 is 1.28. The van der Waals surface area contributed by atoms with E-state index in [4.69, 9.17) is 0 Å². The van der Waals surface area contributed by atoms with Gasteiger partial charge in [-0.1, -0.05) is 43.4 Å². The van der Waals surface area contributed by atoms with E-state index >= 15 is 0 Å². The monoisotopic (exact) mass is 449 g/mol. The molecule has 8 nitrogen and oxygen atoms in total. The molecule has 4 rings (SSSR count). The molecule has 0 radical (unpaired) electrons. The fraction of sp³-hybridized carbons (Fsp3) is 0.261. The number of carbonyl (C=O) groups excluding carboxylic acids is 3. The van der Waals surface area contributed by atoms with E-state index in [1.54, 1.807) is 29.2 Å². The summed E-state index contributed by atoms with van der Waals surface area (Å²) in [7, 11) is 0. The van der Waals surface area contributed by atoms with Crippen LogP contribution < -0.4 is 15.5 Å². The topological polar surface area (TPSA) is 104 Å². The zero-order valence-corrected chi connectivity index (χ0v) is 18.6. The summed E-state index contributed by atoms with van der Waals surface area (Å²) in [5, 5.41) is 14.9. The van der Waals surface area contributed by atoms with Crippen molar-refractivity contribution >= 4 is 45.6 Å². The number of anilines is 3. The minimum Gasteiger partial charge on any atom is -0.326 e. The maximum Gasteiger partial charge on any atom is 0.257 e. The van der Waals surface area contributed by atoms with E-state index in [0.29, 0.717) is 29.3 Å². The van der Waals surface area contributed by atoms with Crippen LogP contribution in [-0.2, 0) is 9.59 Å². The second kappa shape index (κ2) is 9.27. The van der Waals surface area contributed by atoms with Crippen molar-refractivity contribution in [3.05, 3.63) is 65.2 Å². The lowest BCUT2D eigenvalue weighted by molar-refractivity contribution is -0.119. The molecule has 3 aromatic rings. The molecular formula is C23H23N5O3S. The highest BCUT2D eigenvalue weighted by atomic mass is 32.1. The number of hydrogen-bond donors (Lipinski definition) is 2. The van der Waals surface area contributed by atoms with Gasteiger partial charge in [-0.25, -0.2) is 0 Å². The largest absolute Gasteiger partial charge is 0.326 e. The molecule has 164 valence electrons. The molecular weight excluding hydrogens is 426 g/mol. The van der Waals surface area contributed by atoms with Crippen LogP contribution in [0.5, 0.6) is 0 Å². The number of nitrogens with one attached hydrogen (secondary N) is 2. The van der Waals surface area contributed by atoms with Gasteiger partial charge in [-0.05, 0) is 36.4 Å². The zero-order chi connectivity index (χ0) is 22.7. The van der Waals surface area contributed by atoms with Crippen molar-refractivity contribution in [2.45, 2.75) is 26.2 Å². The number of hydrogen-bond acceptors (Lipinski definition) is 6. The molecule has 1 atom stereocenters. The number of nitrogens with zero attached hydrogens (tertiary/aromatic N) is 3. The van der Waals surface area contributed by atoms with Gasteiger partial charge >= 0.3 is 0 Å². The zero-order valence-electron chi connectivity index (χ0n) is 17.7. The summed E-state index contributed by atoms with van der Waals surface area (Å²) in [5.74, 6) is -0.538. The predicted octanol–water partition coefficient (Wildman–Crippen LogP) is 3.91. The molecule has 2 N–H and O–H groups in total. The van der Waals surface area contributed by atoms with Crippen LogP contribution in [-0.4, -0.2) is 34.5 Å². The van der Waals surface area contributed by atoms with Gasteiger partial charge in [-0.3, -0.25) is 19.7 Å². The standard InChI is InChI=1S/C23H23N5O3S/c1-14(2)20(30)24-17-10-8-15(9-11-17)21(31)25-23-27-26-22(32-23)16-12-19(29)28(13-16)18-6-4-3-5-7-18/h3-11,14,16H,12-13H2,1-2H3,(H,24,30)(H,25,27,31). The Balaban J connectivity index is 1.37. The third-order valence-corrected chi connectivity index (χ3v) is 6.14. The number of amides is 3. The molecule has 2 heterocycles. The van der Waals surface area contributed by atoms with Crippen LogP contribution >= 0.6 is 11.3 Å². The van der Waals surface area contributed by atoms with Crippen molar-refractivity contribution in [2.75, 3.05) is 22.1 Å². The molecule has 1 unspecified atom stereocenters. The molecule has 9 heteroatoms. The number of benzene rings is 2. The molecule has 0 aliphatic carbocycles. The Kier molecular flexibility index (Phi) is 6.27. The Hall–Kier alpha value is -3.59. The highest BCUT2D eigenvalue weighted by Crippen LogP contribution is 2.34. The van der Waals surface area contributed by atoms with Crippen LogP contribution in [0.3, 0.4) is 0 Å². The molecule has 3 amide bonds. The molecule has 1 aliphatic heterocycles. The first kappa shape index (κ1) is 21.6. The molecule has 32 heavy (non-hydrogen) atoms. The molecule has 1 saturated heterocycles. The van der Waals surface area contributed by atoms with Gasteiger partial charge in [0.15, 0.2) is 0 Å². The van der Waals surface area contributed by atoms with Gasteiger partial charge in [0.25, 0.3) is 5.91 Å². The Labute approximate surface area is 189 Å². The third kappa shape index (κ3) is 4.83. The number of aromatic nitrogens is 2. The smallest absolute Gasteiger partial charge is 0.257 e. The summed E-state index contributed by atoms with van der Waals surface area (Å²) in [6, 6.07) is 16.2. The molecule has 1 aliphatic rings. The van der Waals surface area contributed by atoms with E-state index in [0.717, 1.165) is 10.7 Å². The first-order chi connectivity index (χ1) is 15.4. The third-order valence-electron chi connectivity index (χ3n) is 5.14. The van der Waals surface area contributed by atoms with Gasteiger partial charge in [0.05, 0.1) is 0 Å². The maximum absolute atomic E-state index is 12.6. The first-order valence-electron chi connectivity index (χ1n) is 10.3. The van der Waals surface area contributed by atoms with E-state index in [2.05, 4.69) is 20.8 Å². The summed E-state index contributed by atoms with van der Waals surface area (Å²) in [6.45, 7) is 4.16. The molecule has 0 spiro atoms. The summed E-state index contributed by atoms with van der Waals surface area (Å²) in [5.41, 5.74) is 1.94. The van der Waals surface area contributed by atoms with Crippen molar-refractivity contribution in [2.24, 2.45) is 5.92 Å². The number of para-hydroxylation sites is 1. The minimum atomic E-state index is -0.317. The Morgan fingerprint density at radius 1 is 1.03 bits per heavy atom. The lowest BCUT2D eigenvalue weighted by Crippen LogP contribution is -2.24. The molecule has 2 aromatic carbocycles. The van der Waals surface area contributed by atoms with Crippen LogP contribution in [0.2, 0.25) is 0 Å². The van der Waals surface area contributed by atoms with Gasteiger partial charge in [-0.15, -0.1) is 10.2 Å². The Morgan fingerprint density at radius 3 is 2.44 bits per heavy atom. The minimum absolute atomic E-state index is 0.0478. The predicted molar refractivity (Wildman–Crippen MR) is 124 cm³/mol. The van der Waals surface area contributed by atoms with Crippen LogP contribution in [0.25, 0.3) is 0 Å². The Morgan fingerprint density at radius 2 is 1.75 bits per heavy atom. The van der Waals surface area contributed by atoms with Crippen molar-refractivity contribution in [3.8, 4) is 0 Å². The molecule has 0 saturated carbocycles. The lowest BCUT2D eigenvalue weighted by Gasteiger charge is -2.15. The van der Waals surface area contributed by atoms with Gasteiger partial charge < -0.3 is 10.2 Å². The summed E-state index contributed by atoms with van der Waals surface area (Å²) < 4.78 is 0. The van der Waals surface area contributed by atoms with Crippen LogP contribution in [0.15, 0.2) is 54.6 Å². The van der Waals surface area contributed by atoms with E-state index in [9.17, 15) is 14.4 Å². The first-order valence-corrected chi connectivity index (χ1v) is 11.1. The highest BCUT2D eigenvalue weighted by molar-refractivity contribution is 7.15. The Bertz CT molecular complexity index is 1130. The number of rotatable bonds is 6. The lowest BCUT2D eigenvalue weighted by atomic mass is 10.1. The molecule has 0 bridgehead atoms. The second-order valence-electron chi connectivity index (χ2n) is 7.86. The fourth-order valence-corrected chi connectivity index (χ4v) is 4.17. The maximum atomic E-state index is 12.6. The highest BCUT2D eigenvalue weighted by Gasteiger charge is 2.33. The van der Waals surface area contributed by atoms with E-state index in [-0.39, 0.29) is 29.6 Å². The van der Waals surface area contributed by atoms with Crippen molar-refractivity contribution in [1.82, 2.24) is 10.2 Å².